The molecule has 2 aromatic carbocycles. The summed E-state index contributed by atoms with van der Waals surface area (Å²) in [5, 5.41) is 0.525. The first kappa shape index (κ1) is 19.0. The van der Waals surface area contributed by atoms with E-state index in [2.05, 4.69) is 12.1 Å². The number of carbonyl (C=O) groups is 2. The van der Waals surface area contributed by atoms with Crippen LogP contribution in [0.15, 0.2) is 54.6 Å². The lowest BCUT2D eigenvalue weighted by Crippen LogP contribution is -2.36. The first-order valence-corrected chi connectivity index (χ1v) is 10.0. The normalized spacial score (nSPS) is 24.8. The summed E-state index contributed by atoms with van der Waals surface area (Å²) < 4.78 is 0. The predicted octanol–water partition coefficient (Wildman–Crippen LogP) is 2.89. The summed E-state index contributed by atoms with van der Waals surface area (Å²) in [6.07, 6.45) is 0.226. The average molecular weight is 398 g/mol. The van der Waals surface area contributed by atoms with Crippen LogP contribution in [0.1, 0.15) is 17.9 Å². The Morgan fingerprint density at radius 3 is 2.46 bits per heavy atom. The van der Waals surface area contributed by atoms with Crippen LogP contribution in [0.3, 0.4) is 0 Å². The van der Waals surface area contributed by atoms with Crippen molar-refractivity contribution in [2.24, 2.45) is 17.6 Å². The van der Waals surface area contributed by atoms with Crippen LogP contribution in [0, 0.1) is 11.8 Å². The number of para-hydroxylation sites is 1. The Labute approximate surface area is 170 Å². The van der Waals surface area contributed by atoms with Crippen molar-refractivity contribution in [2.45, 2.75) is 12.3 Å². The van der Waals surface area contributed by atoms with Gasteiger partial charge in [-0.15, -0.1) is 0 Å². The fraction of sp³-hybridized carbons (Fsp3) is 0.364. The summed E-state index contributed by atoms with van der Waals surface area (Å²) in [4.78, 5) is 29.2. The number of amides is 2. The van der Waals surface area contributed by atoms with Crippen LogP contribution >= 0.6 is 11.6 Å². The molecule has 2 saturated heterocycles. The third-order valence-electron chi connectivity index (χ3n) is 5.90. The van der Waals surface area contributed by atoms with Crippen LogP contribution in [0.5, 0.6) is 0 Å². The molecule has 4 rings (SSSR count). The fourth-order valence-electron chi connectivity index (χ4n) is 4.40. The Kier molecular flexibility index (Phi) is 5.38. The lowest BCUT2D eigenvalue weighted by molar-refractivity contribution is -0.134. The van der Waals surface area contributed by atoms with Crippen LogP contribution in [0.2, 0.25) is 5.02 Å². The van der Waals surface area contributed by atoms with Crippen LogP contribution in [-0.4, -0.2) is 42.9 Å². The van der Waals surface area contributed by atoms with E-state index < -0.39 is 0 Å². The molecule has 146 valence electrons. The lowest BCUT2D eigenvalue weighted by atomic mass is 9.89. The molecule has 0 bridgehead atoms. The summed E-state index contributed by atoms with van der Waals surface area (Å²) in [5.74, 6) is 0.132. The van der Waals surface area contributed by atoms with Gasteiger partial charge in [0.05, 0.1) is 16.6 Å². The number of halogens is 1. The standard InChI is InChI=1S/C22H24ClN3O2/c23-19-8-4-5-9-20(19)26-13-16(10-21(26)27)22(28)25-12-17(11-24)18(14-25)15-6-2-1-3-7-15/h1-9,16-18H,10-14,24H2/t16?,17-,18+/m1/s1. The van der Waals surface area contributed by atoms with Gasteiger partial charge in [0.15, 0.2) is 0 Å². The Morgan fingerprint density at radius 2 is 1.75 bits per heavy atom. The van der Waals surface area contributed by atoms with E-state index in [0.717, 1.165) is 0 Å². The van der Waals surface area contributed by atoms with E-state index in [0.29, 0.717) is 36.9 Å². The first-order valence-electron chi connectivity index (χ1n) is 9.67. The van der Waals surface area contributed by atoms with Gasteiger partial charge in [-0.2, -0.15) is 0 Å². The molecular formula is C22H24ClN3O2. The van der Waals surface area contributed by atoms with Gasteiger partial charge in [0.25, 0.3) is 0 Å². The summed E-state index contributed by atoms with van der Waals surface area (Å²) in [6.45, 7) is 2.22. The van der Waals surface area contributed by atoms with E-state index in [1.807, 2.05) is 41.3 Å². The maximum absolute atomic E-state index is 13.2. The number of hydrogen-bond acceptors (Lipinski definition) is 3. The van der Waals surface area contributed by atoms with Gasteiger partial charge in [-0.25, -0.2) is 0 Å². The SMILES string of the molecule is NC[C@@H]1CN(C(=O)C2CC(=O)N(c3ccccc3Cl)C2)C[C@H]1c1ccccc1. The first-order chi connectivity index (χ1) is 13.6. The third-order valence-corrected chi connectivity index (χ3v) is 6.22. The quantitative estimate of drug-likeness (QED) is 0.862. The number of benzene rings is 2. The monoisotopic (exact) mass is 397 g/mol. The van der Waals surface area contributed by atoms with E-state index in [4.69, 9.17) is 17.3 Å². The van der Waals surface area contributed by atoms with Crippen LogP contribution in [0.25, 0.3) is 0 Å². The van der Waals surface area contributed by atoms with Crippen LogP contribution in [0.4, 0.5) is 5.69 Å². The minimum absolute atomic E-state index is 0.0415. The molecule has 2 aliphatic rings. The molecule has 5 nitrogen and oxygen atoms in total. The maximum atomic E-state index is 13.2. The second-order valence-electron chi connectivity index (χ2n) is 7.61. The largest absolute Gasteiger partial charge is 0.341 e. The molecule has 0 radical (unpaired) electrons. The van der Waals surface area contributed by atoms with E-state index in [9.17, 15) is 9.59 Å². The smallest absolute Gasteiger partial charge is 0.228 e. The average Bonchev–Trinajstić information content (AvgIpc) is 3.32. The summed E-state index contributed by atoms with van der Waals surface area (Å²) >= 11 is 6.25. The summed E-state index contributed by atoms with van der Waals surface area (Å²) in [6, 6.07) is 17.5. The predicted molar refractivity (Wildman–Crippen MR) is 110 cm³/mol. The molecule has 6 heteroatoms. The highest BCUT2D eigenvalue weighted by molar-refractivity contribution is 6.33. The van der Waals surface area contributed by atoms with Gasteiger partial charge >= 0.3 is 0 Å². The molecular weight excluding hydrogens is 374 g/mol. The highest BCUT2D eigenvalue weighted by Gasteiger charge is 2.42. The van der Waals surface area contributed by atoms with Gasteiger partial charge in [0, 0.05) is 32.0 Å². The fourth-order valence-corrected chi connectivity index (χ4v) is 4.64. The number of rotatable bonds is 4. The third kappa shape index (κ3) is 3.52. The maximum Gasteiger partial charge on any atom is 0.228 e. The zero-order chi connectivity index (χ0) is 19.7. The molecule has 1 unspecified atom stereocenters. The van der Waals surface area contributed by atoms with E-state index in [1.54, 1.807) is 11.0 Å². The minimum atomic E-state index is -0.336. The molecule has 3 atom stereocenters. The van der Waals surface area contributed by atoms with Crippen molar-refractivity contribution >= 4 is 29.1 Å². The summed E-state index contributed by atoms with van der Waals surface area (Å²) in [7, 11) is 0. The van der Waals surface area contributed by atoms with Gasteiger partial charge in [-0.3, -0.25) is 9.59 Å². The molecule has 0 saturated carbocycles. The van der Waals surface area contributed by atoms with Crippen molar-refractivity contribution in [2.75, 3.05) is 31.1 Å². The number of carbonyl (C=O) groups excluding carboxylic acids is 2. The molecule has 0 aromatic heterocycles. The molecule has 28 heavy (non-hydrogen) atoms. The Morgan fingerprint density at radius 1 is 1.04 bits per heavy atom. The number of nitrogens with two attached hydrogens (primary N) is 1. The molecule has 2 aliphatic heterocycles. The highest BCUT2D eigenvalue weighted by Crippen LogP contribution is 2.35. The summed E-state index contributed by atoms with van der Waals surface area (Å²) in [5.41, 5.74) is 7.89. The molecule has 2 aromatic rings. The Bertz CT molecular complexity index is 873. The van der Waals surface area contributed by atoms with Crippen molar-refractivity contribution in [3.8, 4) is 0 Å². The van der Waals surface area contributed by atoms with E-state index in [1.165, 1.54) is 5.56 Å². The molecule has 2 N–H and O–H groups in total. The van der Waals surface area contributed by atoms with Crippen LogP contribution in [-0.2, 0) is 9.59 Å². The van der Waals surface area contributed by atoms with Crippen molar-refractivity contribution in [1.29, 1.82) is 0 Å². The van der Waals surface area contributed by atoms with Crippen molar-refractivity contribution < 1.29 is 9.59 Å². The number of nitrogens with zero attached hydrogens (tertiary/aromatic N) is 2. The zero-order valence-electron chi connectivity index (χ0n) is 15.6. The van der Waals surface area contributed by atoms with Gasteiger partial charge in [0.1, 0.15) is 0 Å². The number of hydrogen-bond donors (Lipinski definition) is 1. The topological polar surface area (TPSA) is 66.6 Å². The Balaban J connectivity index is 1.48. The molecule has 0 spiro atoms. The number of anilines is 1. The van der Waals surface area contributed by atoms with Gasteiger partial charge in [-0.05, 0) is 30.2 Å². The Hall–Kier alpha value is -2.37. The minimum Gasteiger partial charge on any atom is -0.341 e. The second kappa shape index (κ2) is 7.94. The molecule has 2 heterocycles. The molecule has 2 fully saturated rings. The number of likely N-dealkylation sites (tertiary alicyclic amines) is 1. The van der Waals surface area contributed by atoms with Gasteiger partial charge in [0.2, 0.25) is 11.8 Å². The van der Waals surface area contributed by atoms with Gasteiger partial charge < -0.3 is 15.5 Å². The second-order valence-corrected chi connectivity index (χ2v) is 8.02. The highest BCUT2D eigenvalue weighted by atomic mass is 35.5. The van der Waals surface area contributed by atoms with E-state index >= 15 is 0 Å². The van der Waals surface area contributed by atoms with Crippen molar-refractivity contribution in [3.63, 3.8) is 0 Å². The van der Waals surface area contributed by atoms with E-state index in [-0.39, 0.29) is 36.0 Å². The van der Waals surface area contributed by atoms with Crippen LogP contribution < -0.4 is 10.6 Å². The van der Waals surface area contributed by atoms with Crippen molar-refractivity contribution in [3.05, 3.63) is 65.2 Å². The molecule has 2 amide bonds. The van der Waals surface area contributed by atoms with Gasteiger partial charge in [-0.1, -0.05) is 54.1 Å². The zero-order valence-corrected chi connectivity index (χ0v) is 16.4. The molecule has 0 aliphatic carbocycles. The lowest BCUT2D eigenvalue weighted by Gasteiger charge is -2.21. The van der Waals surface area contributed by atoms with Crippen molar-refractivity contribution in [1.82, 2.24) is 4.90 Å².